The molecule has 24 heavy (non-hydrogen) atoms. The summed E-state index contributed by atoms with van der Waals surface area (Å²) >= 11 is 6.17. The highest BCUT2D eigenvalue weighted by molar-refractivity contribution is 6.31. The lowest BCUT2D eigenvalue weighted by atomic mass is 10.1. The number of hydrogen-bond donors (Lipinski definition) is 2. The molecule has 0 fully saturated rings. The first-order chi connectivity index (χ1) is 11.6. The van der Waals surface area contributed by atoms with Gasteiger partial charge in [-0.3, -0.25) is 4.99 Å². The van der Waals surface area contributed by atoms with Gasteiger partial charge in [0.25, 0.3) is 0 Å². The van der Waals surface area contributed by atoms with Crippen LogP contribution in [0.2, 0.25) is 5.02 Å². The number of nitrogens with zero attached hydrogens (tertiary/aromatic N) is 2. The molecule has 0 saturated carbocycles. The maximum Gasteiger partial charge on any atom is 0.191 e. The summed E-state index contributed by atoms with van der Waals surface area (Å²) in [6, 6.07) is 16.4. The Morgan fingerprint density at radius 3 is 2.21 bits per heavy atom. The smallest absolute Gasteiger partial charge is 0.191 e. The van der Waals surface area contributed by atoms with E-state index >= 15 is 0 Å². The van der Waals surface area contributed by atoms with Crippen molar-refractivity contribution in [3.63, 3.8) is 0 Å². The van der Waals surface area contributed by atoms with Gasteiger partial charge in [-0.25, -0.2) is 0 Å². The van der Waals surface area contributed by atoms with Crippen molar-refractivity contribution in [3.05, 3.63) is 70.2 Å². The summed E-state index contributed by atoms with van der Waals surface area (Å²) in [4.78, 5) is 6.41. The molecule has 5 heteroatoms. The molecule has 2 N–H and O–H groups in total. The van der Waals surface area contributed by atoms with Crippen molar-refractivity contribution >= 4 is 17.6 Å². The number of guanidine groups is 1. The third-order valence-corrected chi connectivity index (χ3v) is 3.98. The Bertz CT molecular complexity index is 665. The van der Waals surface area contributed by atoms with E-state index in [-0.39, 0.29) is 0 Å². The zero-order chi connectivity index (χ0) is 17.4. The lowest BCUT2D eigenvalue weighted by Crippen LogP contribution is -2.36. The normalized spacial score (nSPS) is 11.6. The van der Waals surface area contributed by atoms with Crippen LogP contribution < -0.4 is 10.6 Å². The van der Waals surface area contributed by atoms with E-state index in [0.717, 1.165) is 29.6 Å². The molecule has 0 atom stereocenters. The van der Waals surface area contributed by atoms with Gasteiger partial charge in [0.2, 0.25) is 0 Å². The first-order valence-corrected chi connectivity index (χ1v) is 8.36. The van der Waals surface area contributed by atoms with Crippen LogP contribution in [0.3, 0.4) is 0 Å². The monoisotopic (exact) mass is 344 g/mol. The summed E-state index contributed by atoms with van der Waals surface area (Å²) in [5, 5.41) is 7.36. The molecule has 0 aromatic heterocycles. The second-order valence-corrected chi connectivity index (χ2v) is 6.33. The Morgan fingerprint density at radius 2 is 1.58 bits per heavy atom. The molecule has 2 aromatic rings. The molecule has 0 radical (unpaired) electrons. The SMILES string of the molecule is CN=C(NCc1ccc(CN(C)C)cc1)NCc1ccccc1Cl. The number of halogens is 1. The Kier molecular flexibility index (Phi) is 7.09. The minimum atomic E-state index is 0.640. The molecule has 0 amide bonds. The maximum absolute atomic E-state index is 6.17. The molecule has 128 valence electrons. The summed E-state index contributed by atoms with van der Waals surface area (Å²) in [5.74, 6) is 0.757. The van der Waals surface area contributed by atoms with Gasteiger partial charge in [-0.15, -0.1) is 0 Å². The van der Waals surface area contributed by atoms with Crippen molar-refractivity contribution in [1.29, 1.82) is 0 Å². The molecule has 0 bridgehead atoms. The largest absolute Gasteiger partial charge is 0.352 e. The van der Waals surface area contributed by atoms with Gasteiger partial charge >= 0.3 is 0 Å². The molecule has 0 heterocycles. The molecule has 4 nitrogen and oxygen atoms in total. The third-order valence-electron chi connectivity index (χ3n) is 3.61. The Morgan fingerprint density at radius 1 is 0.958 bits per heavy atom. The van der Waals surface area contributed by atoms with Crippen molar-refractivity contribution in [2.24, 2.45) is 4.99 Å². The Labute approximate surface area is 149 Å². The molecule has 2 rings (SSSR count). The first-order valence-electron chi connectivity index (χ1n) is 7.99. The minimum absolute atomic E-state index is 0.640. The van der Waals surface area contributed by atoms with E-state index in [1.54, 1.807) is 7.05 Å². The molecule has 0 spiro atoms. The topological polar surface area (TPSA) is 39.7 Å². The van der Waals surface area contributed by atoms with Gasteiger partial charge in [-0.05, 0) is 36.9 Å². The molecular formula is C19H25ClN4. The highest BCUT2D eigenvalue weighted by Gasteiger charge is 2.02. The Balaban J connectivity index is 1.84. The maximum atomic E-state index is 6.17. The minimum Gasteiger partial charge on any atom is -0.352 e. The average molecular weight is 345 g/mol. The van der Waals surface area contributed by atoms with Gasteiger partial charge in [-0.1, -0.05) is 54.1 Å². The van der Waals surface area contributed by atoms with E-state index in [1.165, 1.54) is 11.1 Å². The second kappa shape index (κ2) is 9.30. The molecule has 0 aliphatic heterocycles. The van der Waals surface area contributed by atoms with Crippen LogP contribution in [0.1, 0.15) is 16.7 Å². The van der Waals surface area contributed by atoms with Crippen molar-refractivity contribution < 1.29 is 0 Å². The van der Waals surface area contributed by atoms with E-state index in [9.17, 15) is 0 Å². The highest BCUT2D eigenvalue weighted by Crippen LogP contribution is 2.14. The van der Waals surface area contributed by atoms with Crippen LogP contribution in [0.25, 0.3) is 0 Å². The Hall–Kier alpha value is -2.04. The van der Waals surface area contributed by atoms with Crippen molar-refractivity contribution in [3.8, 4) is 0 Å². The van der Waals surface area contributed by atoms with Crippen molar-refractivity contribution in [2.75, 3.05) is 21.1 Å². The highest BCUT2D eigenvalue weighted by atomic mass is 35.5. The summed E-state index contributed by atoms with van der Waals surface area (Å²) in [6.07, 6.45) is 0. The summed E-state index contributed by atoms with van der Waals surface area (Å²) < 4.78 is 0. The number of hydrogen-bond acceptors (Lipinski definition) is 2. The molecule has 0 saturated heterocycles. The zero-order valence-corrected chi connectivity index (χ0v) is 15.3. The lowest BCUT2D eigenvalue weighted by molar-refractivity contribution is 0.402. The van der Waals surface area contributed by atoms with Gasteiger partial charge in [0.05, 0.1) is 0 Å². The third kappa shape index (κ3) is 5.87. The van der Waals surface area contributed by atoms with Crippen LogP contribution in [-0.4, -0.2) is 32.0 Å². The van der Waals surface area contributed by atoms with Gasteiger partial charge in [0.15, 0.2) is 5.96 Å². The number of rotatable bonds is 6. The van der Waals surface area contributed by atoms with Crippen LogP contribution in [0.4, 0.5) is 0 Å². The quantitative estimate of drug-likeness (QED) is 0.624. The van der Waals surface area contributed by atoms with Crippen LogP contribution in [0.5, 0.6) is 0 Å². The van der Waals surface area contributed by atoms with Gasteiger partial charge in [0.1, 0.15) is 0 Å². The van der Waals surface area contributed by atoms with E-state index < -0.39 is 0 Å². The standard InChI is InChI=1S/C19H25ClN4/c1-21-19(23-13-17-6-4-5-7-18(17)20)22-12-15-8-10-16(11-9-15)14-24(2)3/h4-11H,12-14H2,1-3H3,(H2,21,22,23). The molecule has 0 aliphatic rings. The zero-order valence-electron chi connectivity index (χ0n) is 14.5. The van der Waals surface area contributed by atoms with Crippen LogP contribution in [0.15, 0.2) is 53.5 Å². The summed E-state index contributed by atoms with van der Waals surface area (Å²) in [7, 11) is 5.91. The fourth-order valence-electron chi connectivity index (χ4n) is 2.35. The molecule has 0 aliphatic carbocycles. The van der Waals surface area contributed by atoms with E-state index in [4.69, 9.17) is 11.6 Å². The fourth-order valence-corrected chi connectivity index (χ4v) is 2.56. The number of aliphatic imine (C=N–C) groups is 1. The van der Waals surface area contributed by atoms with Gasteiger partial charge in [0, 0.05) is 31.7 Å². The van der Waals surface area contributed by atoms with E-state index in [2.05, 4.69) is 58.9 Å². The summed E-state index contributed by atoms with van der Waals surface area (Å²) in [5.41, 5.74) is 3.58. The van der Waals surface area contributed by atoms with Crippen LogP contribution in [-0.2, 0) is 19.6 Å². The van der Waals surface area contributed by atoms with Crippen LogP contribution >= 0.6 is 11.6 Å². The summed E-state index contributed by atoms with van der Waals surface area (Å²) in [6.45, 7) is 2.32. The van der Waals surface area contributed by atoms with Gasteiger partial charge < -0.3 is 15.5 Å². The predicted molar refractivity (Wildman–Crippen MR) is 102 cm³/mol. The second-order valence-electron chi connectivity index (χ2n) is 5.93. The van der Waals surface area contributed by atoms with E-state index in [0.29, 0.717) is 6.54 Å². The van der Waals surface area contributed by atoms with Crippen LogP contribution in [0, 0.1) is 0 Å². The molecule has 0 unspecified atom stereocenters. The number of nitrogens with one attached hydrogen (secondary N) is 2. The molecular weight excluding hydrogens is 320 g/mol. The lowest BCUT2D eigenvalue weighted by Gasteiger charge is -2.13. The molecule has 2 aromatic carbocycles. The average Bonchev–Trinajstić information content (AvgIpc) is 2.57. The van der Waals surface area contributed by atoms with Gasteiger partial charge in [-0.2, -0.15) is 0 Å². The fraction of sp³-hybridized carbons (Fsp3) is 0.316. The number of benzene rings is 2. The van der Waals surface area contributed by atoms with E-state index in [1.807, 2.05) is 24.3 Å². The predicted octanol–water partition coefficient (Wildman–Crippen LogP) is 3.27. The van der Waals surface area contributed by atoms with Crippen molar-refractivity contribution in [1.82, 2.24) is 15.5 Å². The first kappa shape index (κ1) is 18.3. The van der Waals surface area contributed by atoms with Crippen molar-refractivity contribution in [2.45, 2.75) is 19.6 Å².